The van der Waals surface area contributed by atoms with Crippen molar-refractivity contribution >= 4 is 23.2 Å². The van der Waals surface area contributed by atoms with Gasteiger partial charge in [-0.1, -0.05) is 0 Å². The molecule has 0 heterocycles. The molecule has 0 fully saturated rings. The van der Waals surface area contributed by atoms with Crippen LogP contribution in [0.15, 0.2) is 24.3 Å². The van der Waals surface area contributed by atoms with Crippen LogP contribution in [0.25, 0.3) is 0 Å². The number of hydrogen-bond donors (Lipinski definition) is 2. The van der Waals surface area contributed by atoms with Crippen LogP contribution in [0.3, 0.4) is 0 Å². The Kier molecular flexibility index (Phi) is 4.78. The van der Waals surface area contributed by atoms with E-state index in [9.17, 15) is 9.90 Å². The second-order valence-corrected chi connectivity index (χ2v) is 4.57. The standard InChI is InChI=1S/C12H16ClNO3/c1-12(2,16)8-17-10-5-3-9(4-6-10)14-11(15)7-13/h3-6,16H,7-8H2,1-2H3,(H,14,15). The first-order valence-corrected chi connectivity index (χ1v) is 5.75. The van der Waals surface area contributed by atoms with E-state index >= 15 is 0 Å². The number of amides is 1. The van der Waals surface area contributed by atoms with E-state index in [1.54, 1.807) is 38.1 Å². The second-order valence-electron chi connectivity index (χ2n) is 4.31. The maximum atomic E-state index is 11.0. The van der Waals surface area contributed by atoms with Gasteiger partial charge in [-0.2, -0.15) is 0 Å². The number of ether oxygens (including phenoxy) is 1. The summed E-state index contributed by atoms with van der Waals surface area (Å²) in [5.41, 5.74) is -0.211. The molecule has 5 heteroatoms. The van der Waals surface area contributed by atoms with E-state index in [4.69, 9.17) is 16.3 Å². The molecule has 4 nitrogen and oxygen atoms in total. The number of alkyl halides is 1. The third kappa shape index (κ3) is 5.56. The van der Waals surface area contributed by atoms with Crippen LogP contribution in [0, 0.1) is 0 Å². The SMILES string of the molecule is CC(C)(O)COc1ccc(NC(=O)CCl)cc1. The average Bonchev–Trinajstić information content (AvgIpc) is 2.27. The molecule has 94 valence electrons. The Bertz CT molecular complexity index is 370. The Balaban J connectivity index is 2.53. The van der Waals surface area contributed by atoms with E-state index in [1.165, 1.54) is 0 Å². The summed E-state index contributed by atoms with van der Waals surface area (Å²) in [6.45, 7) is 3.55. The number of rotatable bonds is 5. The largest absolute Gasteiger partial charge is 0.491 e. The maximum absolute atomic E-state index is 11.0. The molecule has 1 aromatic carbocycles. The van der Waals surface area contributed by atoms with Crippen LogP contribution in [-0.4, -0.2) is 29.1 Å². The Morgan fingerprint density at radius 1 is 1.41 bits per heavy atom. The molecular formula is C12H16ClNO3. The molecular weight excluding hydrogens is 242 g/mol. The summed E-state index contributed by atoms with van der Waals surface area (Å²) in [7, 11) is 0. The zero-order valence-corrected chi connectivity index (χ0v) is 10.6. The lowest BCUT2D eigenvalue weighted by atomic mass is 10.2. The third-order valence-electron chi connectivity index (χ3n) is 1.85. The van der Waals surface area contributed by atoms with Crippen molar-refractivity contribution in [2.75, 3.05) is 17.8 Å². The van der Waals surface area contributed by atoms with Crippen molar-refractivity contribution in [3.8, 4) is 5.75 Å². The van der Waals surface area contributed by atoms with E-state index in [2.05, 4.69) is 5.32 Å². The van der Waals surface area contributed by atoms with Gasteiger partial charge in [0.25, 0.3) is 0 Å². The number of hydrogen-bond acceptors (Lipinski definition) is 3. The lowest BCUT2D eigenvalue weighted by Crippen LogP contribution is -2.27. The fourth-order valence-electron chi connectivity index (χ4n) is 1.09. The quantitative estimate of drug-likeness (QED) is 0.794. The van der Waals surface area contributed by atoms with Gasteiger partial charge in [0.1, 0.15) is 18.2 Å². The molecule has 0 aliphatic heterocycles. The summed E-state index contributed by atoms with van der Waals surface area (Å²) in [5.74, 6) is 0.310. The normalized spacial score (nSPS) is 11.1. The molecule has 0 radical (unpaired) electrons. The molecule has 0 atom stereocenters. The van der Waals surface area contributed by atoms with Crippen molar-refractivity contribution in [2.24, 2.45) is 0 Å². The Hall–Kier alpha value is -1.26. The van der Waals surface area contributed by atoms with Gasteiger partial charge in [0.2, 0.25) is 5.91 Å². The highest BCUT2D eigenvalue weighted by Crippen LogP contribution is 2.17. The highest BCUT2D eigenvalue weighted by Gasteiger charge is 2.13. The third-order valence-corrected chi connectivity index (χ3v) is 2.09. The molecule has 0 saturated heterocycles. The average molecular weight is 258 g/mol. The smallest absolute Gasteiger partial charge is 0.239 e. The second kappa shape index (κ2) is 5.89. The molecule has 0 saturated carbocycles. The maximum Gasteiger partial charge on any atom is 0.239 e. The van der Waals surface area contributed by atoms with Crippen molar-refractivity contribution in [1.29, 1.82) is 0 Å². The predicted molar refractivity (Wildman–Crippen MR) is 67.6 cm³/mol. The van der Waals surface area contributed by atoms with Gasteiger partial charge >= 0.3 is 0 Å². The number of anilines is 1. The van der Waals surface area contributed by atoms with Crippen molar-refractivity contribution in [3.63, 3.8) is 0 Å². The van der Waals surface area contributed by atoms with Crippen molar-refractivity contribution in [1.82, 2.24) is 0 Å². The zero-order valence-electron chi connectivity index (χ0n) is 9.87. The first-order chi connectivity index (χ1) is 7.90. The number of carbonyl (C=O) groups excluding carboxylic acids is 1. The summed E-state index contributed by atoms with van der Waals surface area (Å²) < 4.78 is 5.37. The van der Waals surface area contributed by atoms with Crippen LogP contribution in [0.5, 0.6) is 5.75 Å². The molecule has 2 N–H and O–H groups in total. The Morgan fingerprint density at radius 3 is 2.47 bits per heavy atom. The van der Waals surface area contributed by atoms with Gasteiger partial charge in [0.15, 0.2) is 0 Å². The van der Waals surface area contributed by atoms with Crippen LogP contribution in [-0.2, 0) is 4.79 Å². The minimum absolute atomic E-state index is 0.0725. The molecule has 0 aromatic heterocycles. The highest BCUT2D eigenvalue weighted by atomic mass is 35.5. The molecule has 0 unspecified atom stereocenters. The van der Waals surface area contributed by atoms with Gasteiger partial charge < -0.3 is 15.2 Å². The first-order valence-electron chi connectivity index (χ1n) is 5.22. The van der Waals surface area contributed by atoms with E-state index in [0.29, 0.717) is 11.4 Å². The van der Waals surface area contributed by atoms with Gasteiger partial charge in [-0.15, -0.1) is 11.6 Å². The van der Waals surface area contributed by atoms with Crippen molar-refractivity contribution < 1.29 is 14.6 Å². The summed E-state index contributed by atoms with van der Waals surface area (Å²) in [4.78, 5) is 11.0. The molecule has 1 aromatic rings. The Morgan fingerprint density at radius 2 is 2.00 bits per heavy atom. The summed E-state index contributed by atoms with van der Waals surface area (Å²) in [5, 5.41) is 12.1. The summed E-state index contributed by atoms with van der Waals surface area (Å²) >= 11 is 5.37. The highest BCUT2D eigenvalue weighted by molar-refractivity contribution is 6.29. The zero-order chi connectivity index (χ0) is 12.9. The summed E-state index contributed by atoms with van der Waals surface area (Å²) in [6, 6.07) is 6.86. The van der Waals surface area contributed by atoms with Gasteiger partial charge in [0, 0.05) is 5.69 Å². The van der Waals surface area contributed by atoms with Crippen LogP contribution in [0.4, 0.5) is 5.69 Å². The molecule has 0 aliphatic carbocycles. The van der Waals surface area contributed by atoms with Gasteiger partial charge in [-0.25, -0.2) is 0 Å². The molecule has 0 spiro atoms. The molecule has 0 aliphatic rings. The molecule has 1 rings (SSSR count). The number of nitrogens with one attached hydrogen (secondary N) is 1. The van der Waals surface area contributed by atoms with Crippen LogP contribution < -0.4 is 10.1 Å². The number of halogens is 1. The minimum Gasteiger partial charge on any atom is -0.491 e. The summed E-state index contributed by atoms with van der Waals surface area (Å²) in [6.07, 6.45) is 0. The molecule has 17 heavy (non-hydrogen) atoms. The monoisotopic (exact) mass is 257 g/mol. The fraction of sp³-hybridized carbons (Fsp3) is 0.417. The topological polar surface area (TPSA) is 58.6 Å². The van der Waals surface area contributed by atoms with E-state index in [-0.39, 0.29) is 18.4 Å². The fourth-order valence-corrected chi connectivity index (χ4v) is 1.16. The van der Waals surface area contributed by atoms with E-state index in [0.717, 1.165) is 0 Å². The van der Waals surface area contributed by atoms with Crippen LogP contribution >= 0.6 is 11.6 Å². The van der Waals surface area contributed by atoms with E-state index in [1.807, 2.05) is 0 Å². The molecule has 0 bridgehead atoms. The number of carbonyl (C=O) groups is 1. The lowest BCUT2D eigenvalue weighted by molar-refractivity contribution is -0.113. The number of aliphatic hydroxyl groups is 1. The van der Waals surface area contributed by atoms with E-state index < -0.39 is 5.60 Å². The lowest BCUT2D eigenvalue weighted by Gasteiger charge is -2.17. The van der Waals surface area contributed by atoms with Crippen LogP contribution in [0.2, 0.25) is 0 Å². The molecule has 1 amide bonds. The van der Waals surface area contributed by atoms with Crippen molar-refractivity contribution in [2.45, 2.75) is 19.4 Å². The van der Waals surface area contributed by atoms with Crippen LogP contribution in [0.1, 0.15) is 13.8 Å². The predicted octanol–water partition coefficient (Wildman–Crippen LogP) is 2.01. The first kappa shape index (κ1) is 13.8. The van der Waals surface area contributed by atoms with Crippen molar-refractivity contribution in [3.05, 3.63) is 24.3 Å². The van der Waals surface area contributed by atoms with Gasteiger partial charge in [0.05, 0.1) is 5.60 Å². The van der Waals surface area contributed by atoms with Gasteiger partial charge in [-0.3, -0.25) is 4.79 Å². The van der Waals surface area contributed by atoms with Gasteiger partial charge in [-0.05, 0) is 38.1 Å². The minimum atomic E-state index is -0.870. The number of benzene rings is 1. The Labute approximate surface area is 106 Å².